The Morgan fingerprint density at radius 2 is 1.89 bits per heavy atom. The van der Waals surface area contributed by atoms with Crippen molar-refractivity contribution < 1.29 is 19.5 Å². The molecule has 1 atom stereocenters. The molecular formula is C21H32N2O4S. The van der Waals surface area contributed by atoms with Gasteiger partial charge in [0.25, 0.3) is 5.91 Å². The molecule has 1 aliphatic rings. The van der Waals surface area contributed by atoms with E-state index < -0.39 is 5.97 Å². The van der Waals surface area contributed by atoms with Gasteiger partial charge in [-0.05, 0) is 56.4 Å². The van der Waals surface area contributed by atoms with E-state index in [1.807, 2.05) is 13.8 Å². The molecule has 0 saturated carbocycles. The molecule has 1 heterocycles. The third-order valence-corrected chi connectivity index (χ3v) is 6.35. The number of amides is 2. The number of thiophene rings is 1. The van der Waals surface area contributed by atoms with E-state index in [0.29, 0.717) is 16.5 Å². The van der Waals surface area contributed by atoms with Gasteiger partial charge in [-0.15, -0.1) is 11.3 Å². The van der Waals surface area contributed by atoms with Crippen LogP contribution >= 0.6 is 11.3 Å². The highest BCUT2D eigenvalue weighted by atomic mass is 32.1. The summed E-state index contributed by atoms with van der Waals surface area (Å²) >= 11 is 1.50. The van der Waals surface area contributed by atoms with Gasteiger partial charge in [0.05, 0.1) is 5.56 Å². The molecule has 1 aromatic heterocycles. The highest BCUT2D eigenvalue weighted by molar-refractivity contribution is 7.17. The third kappa shape index (κ3) is 5.80. The van der Waals surface area contributed by atoms with Gasteiger partial charge in [-0.25, -0.2) is 0 Å². The first-order valence-corrected chi connectivity index (χ1v) is 10.8. The Kier molecular flexibility index (Phi) is 7.26. The van der Waals surface area contributed by atoms with Crippen LogP contribution in [-0.4, -0.2) is 28.9 Å². The standard InChI is InChI=1S/C21H32N2O4S/c1-12(2)22-19(27)18-14-10-9-13(21(3,4)5)11-15(14)28-20(18)23-16(24)7-6-8-17(25)26/h12-13H,6-11H2,1-5H3,(H,22,27)(H,23,24)(H,25,26)/t13-/m0/s1. The molecule has 6 nitrogen and oxygen atoms in total. The molecule has 0 spiro atoms. The van der Waals surface area contributed by atoms with E-state index in [1.54, 1.807) is 0 Å². The first kappa shape index (κ1) is 22.4. The second-order valence-corrected chi connectivity index (χ2v) is 10.0. The number of fused-ring (bicyclic) bond motifs is 1. The van der Waals surface area contributed by atoms with Crippen LogP contribution in [0.15, 0.2) is 0 Å². The average molecular weight is 409 g/mol. The van der Waals surface area contributed by atoms with Gasteiger partial charge in [-0.3, -0.25) is 14.4 Å². The van der Waals surface area contributed by atoms with Crippen molar-refractivity contribution in [2.75, 3.05) is 5.32 Å². The summed E-state index contributed by atoms with van der Waals surface area (Å²) in [5.41, 5.74) is 1.85. The van der Waals surface area contributed by atoms with Crippen LogP contribution in [-0.2, 0) is 22.4 Å². The Balaban J connectivity index is 2.26. The molecule has 0 unspecified atom stereocenters. The Labute approximate surface area is 171 Å². The largest absolute Gasteiger partial charge is 0.481 e. The van der Waals surface area contributed by atoms with Gasteiger partial charge < -0.3 is 15.7 Å². The highest BCUT2D eigenvalue weighted by Gasteiger charge is 2.34. The molecule has 0 radical (unpaired) electrons. The zero-order chi connectivity index (χ0) is 21.1. The number of hydrogen-bond donors (Lipinski definition) is 3. The summed E-state index contributed by atoms with van der Waals surface area (Å²) in [7, 11) is 0. The van der Waals surface area contributed by atoms with Gasteiger partial charge in [0.1, 0.15) is 5.00 Å². The Morgan fingerprint density at radius 1 is 1.21 bits per heavy atom. The van der Waals surface area contributed by atoms with E-state index in [9.17, 15) is 14.4 Å². The first-order valence-electron chi connectivity index (χ1n) is 9.96. The molecule has 28 heavy (non-hydrogen) atoms. The summed E-state index contributed by atoms with van der Waals surface area (Å²) in [4.78, 5) is 37.0. The third-order valence-electron chi connectivity index (χ3n) is 5.18. The van der Waals surface area contributed by atoms with Crippen LogP contribution in [0, 0.1) is 11.3 Å². The van der Waals surface area contributed by atoms with Crippen molar-refractivity contribution in [2.24, 2.45) is 11.3 Å². The van der Waals surface area contributed by atoms with Gasteiger partial charge in [0.15, 0.2) is 0 Å². The lowest BCUT2D eigenvalue weighted by Gasteiger charge is -2.33. The van der Waals surface area contributed by atoms with Crippen molar-refractivity contribution in [3.63, 3.8) is 0 Å². The van der Waals surface area contributed by atoms with Crippen LogP contribution in [0.5, 0.6) is 0 Å². The van der Waals surface area contributed by atoms with E-state index in [2.05, 4.69) is 31.4 Å². The lowest BCUT2D eigenvalue weighted by Crippen LogP contribution is -2.32. The summed E-state index contributed by atoms with van der Waals surface area (Å²) in [6.07, 6.45) is 3.16. The maximum Gasteiger partial charge on any atom is 0.303 e. The summed E-state index contributed by atoms with van der Waals surface area (Å²) in [6.45, 7) is 10.6. The number of carboxylic acids is 1. The van der Waals surface area contributed by atoms with Gasteiger partial charge in [0.2, 0.25) is 5.91 Å². The number of nitrogens with one attached hydrogen (secondary N) is 2. The van der Waals surface area contributed by atoms with Crippen LogP contribution in [0.4, 0.5) is 5.00 Å². The van der Waals surface area contributed by atoms with Crippen LogP contribution < -0.4 is 10.6 Å². The monoisotopic (exact) mass is 408 g/mol. The van der Waals surface area contributed by atoms with Gasteiger partial charge in [0, 0.05) is 23.8 Å². The van der Waals surface area contributed by atoms with E-state index in [0.717, 1.165) is 24.8 Å². The minimum absolute atomic E-state index is 0.00748. The molecule has 0 saturated heterocycles. The number of anilines is 1. The van der Waals surface area contributed by atoms with E-state index in [1.165, 1.54) is 16.2 Å². The van der Waals surface area contributed by atoms with Crippen LogP contribution in [0.3, 0.4) is 0 Å². The quantitative estimate of drug-likeness (QED) is 0.629. The molecule has 2 rings (SSSR count). The predicted octanol–water partition coefficient (Wildman–Crippen LogP) is 4.23. The molecule has 0 aromatic carbocycles. The fourth-order valence-corrected chi connectivity index (χ4v) is 4.92. The second-order valence-electron chi connectivity index (χ2n) is 8.94. The topological polar surface area (TPSA) is 95.5 Å². The average Bonchev–Trinajstić information content (AvgIpc) is 2.89. The summed E-state index contributed by atoms with van der Waals surface area (Å²) in [5, 5.41) is 15.2. The summed E-state index contributed by atoms with van der Waals surface area (Å²) < 4.78 is 0. The molecular weight excluding hydrogens is 376 g/mol. The fourth-order valence-electron chi connectivity index (χ4n) is 3.58. The Morgan fingerprint density at radius 3 is 2.46 bits per heavy atom. The smallest absolute Gasteiger partial charge is 0.303 e. The summed E-state index contributed by atoms with van der Waals surface area (Å²) in [5.74, 6) is -0.767. The van der Waals surface area contributed by atoms with Crippen molar-refractivity contribution in [3.05, 3.63) is 16.0 Å². The lowest BCUT2D eigenvalue weighted by molar-refractivity contribution is -0.137. The predicted molar refractivity (Wildman–Crippen MR) is 112 cm³/mol. The number of carbonyl (C=O) groups is 3. The molecule has 156 valence electrons. The van der Waals surface area contributed by atoms with Crippen molar-refractivity contribution in [2.45, 2.75) is 79.2 Å². The fraction of sp³-hybridized carbons (Fsp3) is 0.667. The molecule has 7 heteroatoms. The maximum absolute atomic E-state index is 12.8. The van der Waals surface area contributed by atoms with Gasteiger partial charge in [-0.2, -0.15) is 0 Å². The van der Waals surface area contributed by atoms with Crippen LogP contribution in [0.25, 0.3) is 0 Å². The number of carboxylic acid groups (broad SMARTS) is 1. The molecule has 2 amide bonds. The van der Waals surface area contributed by atoms with Crippen molar-refractivity contribution in [1.82, 2.24) is 5.32 Å². The van der Waals surface area contributed by atoms with Crippen LogP contribution in [0.1, 0.15) is 81.1 Å². The maximum atomic E-state index is 12.8. The highest BCUT2D eigenvalue weighted by Crippen LogP contribution is 2.44. The Hall–Kier alpha value is -1.89. The molecule has 3 N–H and O–H groups in total. The first-order chi connectivity index (χ1) is 13.0. The molecule has 0 fully saturated rings. The van der Waals surface area contributed by atoms with Crippen LogP contribution in [0.2, 0.25) is 0 Å². The molecule has 1 aliphatic carbocycles. The van der Waals surface area contributed by atoms with E-state index in [-0.39, 0.29) is 42.5 Å². The molecule has 1 aromatic rings. The minimum Gasteiger partial charge on any atom is -0.481 e. The normalized spacial score (nSPS) is 16.6. The van der Waals surface area contributed by atoms with Crippen molar-refractivity contribution in [1.29, 1.82) is 0 Å². The van der Waals surface area contributed by atoms with Crippen molar-refractivity contribution >= 4 is 34.1 Å². The Bertz CT molecular complexity index is 746. The number of rotatable bonds is 7. The summed E-state index contributed by atoms with van der Waals surface area (Å²) in [6, 6.07) is 0.00748. The van der Waals surface area contributed by atoms with Gasteiger partial charge in [-0.1, -0.05) is 20.8 Å². The number of hydrogen-bond acceptors (Lipinski definition) is 4. The zero-order valence-corrected chi connectivity index (χ0v) is 18.3. The van der Waals surface area contributed by atoms with E-state index in [4.69, 9.17) is 5.11 Å². The zero-order valence-electron chi connectivity index (χ0n) is 17.5. The van der Waals surface area contributed by atoms with Gasteiger partial charge >= 0.3 is 5.97 Å². The van der Waals surface area contributed by atoms with Crippen molar-refractivity contribution in [3.8, 4) is 0 Å². The molecule has 0 bridgehead atoms. The lowest BCUT2D eigenvalue weighted by atomic mass is 9.72. The molecule has 0 aliphatic heterocycles. The van der Waals surface area contributed by atoms with E-state index >= 15 is 0 Å². The number of aliphatic carboxylic acids is 1. The SMILES string of the molecule is CC(C)NC(=O)c1c(NC(=O)CCCC(=O)O)sc2c1CC[C@H](C(C)(C)C)C2. The minimum atomic E-state index is -0.912. The number of carbonyl (C=O) groups excluding carboxylic acids is 2. The second kappa shape index (κ2) is 9.07.